The van der Waals surface area contributed by atoms with Crippen LogP contribution in [-0.2, 0) is 21.4 Å². The average Bonchev–Trinajstić information content (AvgIpc) is 2.75. The number of nitrogens with one attached hydrogen (secondary N) is 2. The minimum Gasteiger partial charge on any atom is -0.390 e. The van der Waals surface area contributed by atoms with E-state index in [2.05, 4.69) is 14.9 Å². The Labute approximate surface area is 113 Å². The molecule has 7 nitrogen and oxygen atoms in total. The highest BCUT2D eigenvalue weighted by molar-refractivity contribution is 7.89. The first-order valence-corrected chi connectivity index (χ1v) is 7.73. The van der Waals surface area contributed by atoms with Crippen molar-refractivity contribution in [1.29, 1.82) is 0 Å². The van der Waals surface area contributed by atoms with E-state index in [9.17, 15) is 8.42 Å². The quantitative estimate of drug-likeness (QED) is 0.568. The maximum Gasteiger partial charge on any atom is 0.244 e. The van der Waals surface area contributed by atoms with Gasteiger partial charge in [0, 0.05) is 19.8 Å². The monoisotopic (exact) mass is 291 g/mol. The van der Waals surface area contributed by atoms with E-state index in [1.165, 1.54) is 0 Å². The van der Waals surface area contributed by atoms with Gasteiger partial charge in [-0.15, -0.1) is 0 Å². The van der Waals surface area contributed by atoms with E-state index >= 15 is 0 Å². The van der Waals surface area contributed by atoms with Crippen molar-refractivity contribution in [3.05, 3.63) is 11.4 Å². The lowest BCUT2D eigenvalue weighted by Crippen LogP contribution is -2.26. The molecular formula is C11H21N3O4S. The number of H-pyrrole nitrogens is 1. The first-order chi connectivity index (χ1) is 9.03. The van der Waals surface area contributed by atoms with Crippen molar-refractivity contribution < 1.29 is 18.3 Å². The Morgan fingerprint density at radius 1 is 1.42 bits per heavy atom. The third kappa shape index (κ3) is 4.57. The van der Waals surface area contributed by atoms with Crippen LogP contribution in [0.1, 0.15) is 31.2 Å². The zero-order valence-corrected chi connectivity index (χ0v) is 12.1. The van der Waals surface area contributed by atoms with E-state index < -0.39 is 16.6 Å². The summed E-state index contributed by atoms with van der Waals surface area (Å²) >= 11 is 0. The van der Waals surface area contributed by atoms with E-state index in [0.29, 0.717) is 31.9 Å². The highest BCUT2D eigenvalue weighted by Gasteiger charge is 2.23. The minimum absolute atomic E-state index is 0.0319. The summed E-state index contributed by atoms with van der Waals surface area (Å²) in [6, 6.07) is 0. The molecule has 3 N–H and O–H groups in total. The van der Waals surface area contributed by atoms with Crippen LogP contribution in [0.2, 0.25) is 0 Å². The summed E-state index contributed by atoms with van der Waals surface area (Å²) in [5.41, 5.74) is 0.547. The van der Waals surface area contributed by atoms with Gasteiger partial charge in [-0.2, -0.15) is 5.10 Å². The van der Waals surface area contributed by atoms with Gasteiger partial charge in [-0.25, -0.2) is 13.1 Å². The Hall–Kier alpha value is -0.960. The number of ether oxygens (including phenoxy) is 1. The lowest BCUT2D eigenvalue weighted by molar-refractivity contribution is 0.133. The molecule has 19 heavy (non-hydrogen) atoms. The third-order valence-electron chi connectivity index (χ3n) is 2.49. The molecule has 0 fully saturated rings. The highest BCUT2D eigenvalue weighted by atomic mass is 32.2. The Bertz CT molecular complexity index is 484. The van der Waals surface area contributed by atoms with Crippen LogP contribution in [-0.4, -0.2) is 43.5 Å². The van der Waals surface area contributed by atoms with E-state index in [1.807, 2.05) is 6.92 Å². The maximum atomic E-state index is 12.1. The number of hydrogen-bond donors (Lipinski definition) is 3. The molecule has 0 spiro atoms. The standard InChI is InChI=1S/C11H21N3O4S/c1-3-6-18-7-4-5-12-19(16,17)11-9(2)13-14-10(11)8-15/h12,15H,3-8H2,1-2H3,(H,13,14). The van der Waals surface area contributed by atoms with Gasteiger partial charge in [-0.3, -0.25) is 5.10 Å². The fourth-order valence-electron chi connectivity index (χ4n) is 1.63. The maximum absolute atomic E-state index is 12.1. The third-order valence-corrected chi connectivity index (χ3v) is 4.15. The van der Waals surface area contributed by atoms with Crippen LogP contribution in [0.4, 0.5) is 0 Å². The minimum atomic E-state index is -3.64. The van der Waals surface area contributed by atoms with Gasteiger partial charge in [0.25, 0.3) is 0 Å². The molecule has 0 saturated carbocycles. The summed E-state index contributed by atoms with van der Waals surface area (Å²) in [6.07, 6.45) is 1.55. The van der Waals surface area contributed by atoms with Crippen molar-refractivity contribution in [1.82, 2.24) is 14.9 Å². The number of hydrogen-bond acceptors (Lipinski definition) is 5. The number of aliphatic hydroxyl groups excluding tert-OH is 1. The van der Waals surface area contributed by atoms with Crippen molar-refractivity contribution >= 4 is 10.0 Å². The van der Waals surface area contributed by atoms with E-state index in [1.54, 1.807) is 6.92 Å². The number of sulfonamides is 1. The average molecular weight is 291 g/mol. The van der Waals surface area contributed by atoms with E-state index in [0.717, 1.165) is 6.42 Å². The number of aromatic amines is 1. The summed E-state index contributed by atoms with van der Waals surface area (Å²) in [6.45, 7) is 4.70. The van der Waals surface area contributed by atoms with Gasteiger partial charge in [-0.05, 0) is 19.8 Å². The molecule has 1 aromatic rings. The molecule has 1 heterocycles. The van der Waals surface area contributed by atoms with Crippen LogP contribution in [0.15, 0.2) is 4.90 Å². The van der Waals surface area contributed by atoms with Gasteiger partial charge < -0.3 is 9.84 Å². The van der Waals surface area contributed by atoms with Crippen molar-refractivity contribution in [3.63, 3.8) is 0 Å². The molecule has 0 aliphatic heterocycles. The molecule has 0 aromatic carbocycles. The van der Waals surface area contributed by atoms with Gasteiger partial charge in [0.1, 0.15) is 10.6 Å². The fraction of sp³-hybridized carbons (Fsp3) is 0.727. The number of rotatable bonds is 9. The number of nitrogens with zero attached hydrogens (tertiary/aromatic N) is 1. The van der Waals surface area contributed by atoms with Crippen LogP contribution >= 0.6 is 0 Å². The zero-order valence-electron chi connectivity index (χ0n) is 11.3. The summed E-state index contributed by atoms with van der Waals surface area (Å²) in [4.78, 5) is 0.0319. The summed E-state index contributed by atoms with van der Waals surface area (Å²) in [5, 5.41) is 15.4. The molecule has 8 heteroatoms. The molecule has 0 radical (unpaired) electrons. The van der Waals surface area contributed by atoms with Crippen LogP contribution < -0.4 is 4.72 Å². The SMILES string of the molecule is CCCOCCCNS(=O)(=O)c1c(CO)n[nH]c1C. The molecule has 110 valence electrons. The molecule has 0 aliphatic carbocycles. The predicted octanol–water partition coefficient (Wildman–Crippen LogP) is 0.305. The molecule has 0 saturated heterocycles. The number of aliphatic hydroxyl groups is 1. The number of aryl methyl sites for hydroxylation is 1. The Morgan fingerprint density at radius 3 is 2.79 bits per heavy atom. The van der Waals surface area contributed by atoms with Gasteiger partial charge in [0.15, 0.2) is 0 Å². The summed E-state index contributed by atoms with van der Waals surface area (Å²) in [5.74, 6) is 0. The fourth-order valence-corrected chi connectivity index (χ4v) is 3.06. The predicted molar refractivity (Wildman–Crippen MR) is 70.2 cm³/mol. The number of aromatic nitrogens is 2. The molecular weight excluding hydrogens is 270 g/mol. The molecule has 0 unspecified atom stereocenters. The first-order valence-electron chi connectivity index (χ1n) is 6.25. The Morgan fingerprint density at radius 2 is 2.16 bits per heavy atom. The van der Waals surface area contributed by atoms with E-state index in [-0.39, 0.29) is 10.6 Å². The summed E-state index contributed by atoms with van der Waals surface area (Å²) in [7, 11) is -3.64. The molecule has 0 amide bonds. The van der Waals surface area contributed by atoms with Crippen LogP contribution in [0.25, 0.3) is 0 Å². The smallest absolute Gasteiger partial charge is 0.244 e. The normalized spacial score (nSPS) is 11.9. The molecule has 1 aromatic heterocycles. The van der Waals surface area contributed by atoms with Crippen LogP contribution in [0.3, 0.4) is 0 Å². The van der Waals surface area contributed by atoms with Gasteiger partial charge >= 0.3 is 0 Å². The van der Waals surface area contributed by atoms with Crippen molar-refractivity contribution in [2.75, 3.05) is 19.8 Å². The molecule has 0 aliphatic rings. The van der Waals surface area contributed by atoms with Gasteiger partial charge in [-0.1, -0.05) is 6.92 Å². The second-order valence-corrected chi connectivity index (χ2v) is 5.85. The first kappa shape index (κ1) is 16.1. The van der Waals surface area contributed by atoms with Gasteiger partial charge in [0.2, 0.25) is 10.0 Å². The molecule has 1 rings (SSSR count). The highest BCUT2D eigenvalue weighted by Crippen LogP contribution is 2.17. The van der Waals surface area contributed by atoms with Crippen molar-refractivity contribution in [3.8, 4) is 0 Å². The largest absolute Gasteiger partial charge is 0.390 e. The molecule has 0 bridgehead atoms. The lowest BCUT2D eigenvalue weighted by atomic mass is 10.4. The van der Waals surface area contributed by atoms with Crippen molar-refractivity contribution in [2.24, 2.45) is 0 Å². The Balaban J connectivity index is 2.54. The topological polar surface area (TPSA) is 104 Å². The molecule has 0 atom stereocenters. The zero-order chi connectivity index (χ0) is 14.3. The second-order valence-electron chi connectivity index (χ2n) is 4.15. The van der Waals surface area contributed by atoms with Crippen molar-refractivity contribution in [2.45, 2.75) is 38.2 Å². The Kier molecular flexibility index (Phi) is 6.43. The summed E-state index contributed by atoms with van der Waals surface area (Å²) < 4.78 is 31.9. The van der Waals surface area contributed by atoms with E-state index in [4.69, 9.17) is 9.84 Å². The van der Waals surface area contributed by atoms with Crippen LogP contribution in [0, 0.1) is 6.92 Å². The lowest BCUT2D eigenvalue weighted by Gasteiger charge is -2.07. The van der Waals surface area contributed by atoms with Crippen LogP contribution in [0.5, 0.6) is 0 Å². The van der Waals surface area contributed by atoms with Gasteiger partial charge in [0.05, 0.1) is 12.3 Å². The second kappa shape index (κ2) is 7.59.